The van der Waals surface area contributed by atoms with Gasteiger partial charge in [0.1, 0.15) is 6.33 Å². The van der Waals surface area contributed by atoms with Crippen molar-refractivity contribution in [3.05, 3.63) is 60.7 Å². The van der Waals surface area contributed by atoms with Crippen molar-refractivity contribution < 1.29 is 4.79 Å². The van der Waals surface area contributed by atoms with Crippen LogP contribution in [0.1, 0.15) is 10.4 Å². The van der Waals surface area contributed by atoms with Crippen LogP contribution in [0.2, 0.25) is 0 Å². The van der Waals surface area contributed by atoms with Crippen molar-refractivity contribution in [3.8, 4) is 0 Å². The minimum atomic E-state index is -0.101. The van der Waals surface area contributed by atoms with Crippen molar-refractivity contribution in [2.24, 2.45) is 0 Å². The molecule has 3 nitrogen and oxygen atoms in total. The van der Waals surface area contributed by atoms with E-state index in [9.17, 15) is 4.79 Å². The smallest absolute Gasteiger partial charge is 0.255 e. The van der Waals surface area contributed by atoms with Gasteiger partial charge in [-0.3, -0.25) is 9.36 Å². The summed E-state index contributed by atoms with van der Waals surface area (Å²) in [4.78, 5) is 15.3. The third kappa shape index (κ3) is 2.40. The fourth-order valence-corrected chi connectivity index (χ4v) is 1.21. The molecule has 0 amide bonds. The van der Waals surface area contributed by atoms with Gasteiger partial charge in [0.15, 0.2) is 0 Å². The summed E-state index contributed by atoms with van der Waals surface area (Å²) < 4.78 is 1.43. The summed E-state index contributed by atoms with van der Waals surface area (Å²) in [6.45, 7) is 0. The largest absolute Gasteiger partial charge is 0.273 e. The Kier molecular flexibility index (Phi) is 2.74. The summed E-state index contributed by atoms with van der Waals surface area (Å²) in [5.41, 5.74) is 1.01. The van der Waals surface area contributed by atoms with Gasteiger partial charge in [0.25, 0.3) is 5.91 Å². The number of hydrogen-bond donors (Lipinski definition) is 0. The highest BCUT2D eigenvalue weighted by Gasteiger charge is 1.96. The van der Waals surface area contributed by atoms with Crippen LogP contribution in [0.5, 0.6) is 0 Å². The Hall–Kier alpha value is -2.16. The lowest BCUT2D eigenvalue weighted by Gasteiger charge is -1.93. The van der Waals surface area contributed by atoms with Gasteiger partial charge in [-0.2, -0.15) is 0 Å². The molecule has 0 radical (unpaired) electrons. The summed E-state index contributed by atoms with van der Waals surface area (Å²) in [5, 5.41) is 0. The molecule has 0 saturated carbocycles. The van der Waals surface area contributed by atoms with Crippen LogP contribution in [0, 0.1) is 0 Å². The molecule has 0 fully saturated rings. The van der Waals surface area contributed by atoms with Crippen molar-refractivity contribution >= 4 is 12.0 Å². The number of benzene rings is 1. The maximum atomic E-state index is 11.5. The van der Waals surface area contributed by atoms with Gasteiger partial charge in [0, 0.05) is 18.5 Å². The summed E-state index contributed by atoms with van der Waals surface area (Å²) in [5.74, 6) is -0.101. The number of carbonyl (C=O) groups excluding carboxylic acids is 1. The van der Waals surface area contributed by atoms with Crippen LogP contribution in [-0.4, -0.2) is 15.5 Å². The number of aromatic nitrogens is 2. The predicted molar refractivity (Wildman–Crippen MR) is 58.3 cm³/mol. The molecule has 0 aliphatic rings. The van der Waals surface area contributed by atoms with Gasteiger partial charge in [-0.25, -0.2) is 4.98 Å². The number of nitrogens with zero attached hydrogens (tertiary/aromatic N) is 2. The molecule has 0 aliphatic carbocycles. The monoisotopic (exact) mass is 198 g/mol. The van der Waals surface area contributed by atoms with Gasteiger partial charge >= 0.3 is 0 Å². The van der Waals surface area contributed by atoms with Crippen molar-refractivity contribution in [3.63, 3.8) is 0 Å². The number of imidazole rings is 1. The first-order chi connectivity index (χ1) is 7.36. The Morgan fingerprint density at radius 3 is 2.73 bits per heavy atom. The van der Waals surface area contributed by atoms with Gasteiger partial charge in [-0.1, -0.05) is 30.3 Å². The molecule has 2 aromatic rings. The summed E-state index contributed by atoms with van der Waals surface area (Å²) >= 11 is 0. The second-order valence-electron chi connectivity index (χ2n) is 3.05. The van der Waals surface area contributed by atoms with Crippen molar-refractivity contribution in [1.82, 2.24) is 9.55 Å². The number of carbonyl (C=O) groups is 1. The van der Waals surface area contributed by atoms with Gasteiger partial charge in [-0.15, -0.1) is 0 Å². The van der Waals surface area contributed by atoms with Gasteiger partial charge < -0.3 is 0 Å². The molecule has 1 aromatic carbocycles. The van der Waals surface area contributed by atoms with Crippen molar-refractivity contribution in [1.29, 1.82) is 0 Å². The Balaban J connectivity index is 2.10. The van der Waals surface area contributed by atoms with Crippen LogP contribution in [0.4, 0.5) is 0 Å². The number of rotatable bonds is 2. The Morgan fingerprint density at radius 1 is 1.27 bits per heavy atom. The first-order valence-electron chi connectivity index (χ1n) is 4.62. The fraction of sp³-hybridized carbons (Fsp3) is 0. The first-order valence-corrected chi connectivity index (χ1v) is 4.62. The Labute approximate surface area is 87.7 Å². The number of allylic oxidation sites excluding steroid dienone is 1. The number of hydrogen-bond acceptors (Lipinski definition) is 2. The van der Waals surface area contributed by atoms with E-state index in [-0.39, 0.29) is 5.91 Å². The molecule has 74 valence electrons. The highest BCUT2D eigenvalue weighted by molar-refractivity contribution is 5.93. The first kappa shape index (κ1) is 9.40. The van der Waals surface area contributed by atoms with E-state index < -0.39 is 0 Å². The molecular formula is C12H10N2O. The van der Waals surface area contributed by atoms with Crippen LogP contribution in [0.15, 0.2) is 55.1 Å². The minimum Gasteiger partial charge on any atom is -0.273 e. The van der Waals surface area contributed by atoms with Crippen LogP contribution in [0.3, 0.4) is 0 Å². The fourth-order valence-electron chi connectivity index (χ4n) is 1.21. The Morgan fingerprint density at radius 2 is 2.07 bits per heavy atom. The van der Waals surface area contributed by atoms with E-state index in [1.165, 1.54) is 17.0 Å². The van der Waals surface area contributed by atoms with E-state index in [2.05, 4.69) is 4.98 Å². The highest BCUT2D eigenvalue weighted by atomic mass is 16.1. The molecule has 0 aliphatic heterocycles. The van der Waals surface area contributed by atoms with Crippen molar-refractivity contribution in [2.75, 3.05) is 0 Å². The quantitative estimate of drug-likeness (QED) is 0.693. The third-order valence-corrected chi connectivity index (χ3v) is 1.98. The maximum absolute atomic E-state index is 11.5. The maximum Gasteiger partial charge on any atom is 0.255 e. The SMILES string of the molecule is O=C(/C=C\c1ccccc1)n1ccnc1. The summed E-state index contributed by atoms with van der Waals surface area (Å²) in [7, 11) is 0. The zero-order valence-electron chi connectivity index (χ0n) is 8.08. The van der Waals surface area contributed by atoms with Crippen LogP contribution >= 0.6 is 0 Å². The third-order valence-electron chi connectivity index (χ3n) is 1.98. The summed E-state index contributed by atoms with van der Waals surface area (Å²) in [6.07, 6.45) is 7.99. The van der Waals surface area contributed by atoms with Crippen LogP contribution in [-0.2, 0) is 0 Å². The topological polar surface area (TPSA) is 34.9 Å². The molecule has 2 rings (SSSR count). The summed E-state index contributed by atoms with van der Waals surface area (Å²) in [6, 6.07) is 9.69. The van der Waals surface area contributed by atoms with E-state index in [1.807, 2.05) is 30.3 Å². The van der Waals surface area contributed by atoms with E-state index in [0.29, 0.717) is 0 Å². The van der Waals surface area contributed by atoms with E-state index in [4.69, 9.17) is 0 Å². The molecule has 0 saturated heterocycles. The normalized spacial score (nSPS) is 10.7. The predicted octanol–water partition coefficient (Wildman–Crippen LogP) is 2.24. The van der Waals surface area contributed by atoms with E-state index >= 15 is 0 Å². The van der Waals surface area contributed by atoms with E-state index in [0.717, 1.165) is 5.56 Å². The van der Waals surface area contributed by atoms with Gasteiger partial charge in [0.05, 0.1) is 0 Å². The minimum absolute atomic E-state index is 0.101. The lowest BCUT2D eigenvalue weighted by atomic mass is 10.2. The molecule has 1 aromatic heterocycles. The molecule has 15 heavy (non-hydrogen) atoms. The molecule has 0 spiro atoms. The van der Waals surface area contributed by atoms with E-state index in [1.54, 1.807) is 18.5 Å². The van der Waals surface area contributed by atoms with Crippen LogP contribution in [0.25, 0.3) is 6.08 Å². The average molecular weight is 198 g/mol. The lowest BCUT2D eigenvalue weighted by Crippen LogP contribution is -2.03. The van der Waals surface area contributed by atoms with Crippen molar-refractivity contribution in [2.45, 2.75) is 0 Å². The molecule has 0 unspecified atom stereocenters. The molecule has 3 heteroatoms. The van der Waals surface area contributed by atoms with Gasteiger partial charge in [-0.05, 0) is 11.6 Å². The highest BCUT2D eigenvalue weighted by Crippen LogP contribution is 2.01. The molecule has 0 N–H and O–H groups in total. The van der Waals surface area contributed by atoms with Crippen LogP contribution < -0.4 is 0 Å². The second kappa shape index (κ2) is 4.37. The molecule has 1 heterocycles. The molecule has 0 bridgehead atoms. The van der Waals surface area contributed by atoms with Gasteiger partial charge in [0.2, 0.25) is 0 Å². The molecule has 0 atom stereocenters. The zero-order valence-corrected chi connectivity index (χ0v) is 8.08. The molecular weight excluding hydrogens is 188 g/mol. The second-order valence-corrected chi connectivity index (χ2v) is 3.05. The standard InChI is InChI=1S/C12H10N2O/c15-12(14-9-8-13-10-14)7-6-11-4-2-1-3-5-11/h1-10H/b7-6-. The average Bonchev–Trinajstić information content (AvgIpc) is 2.81. The lowest BCUT2D eigenvalue weighted by molar-refractivity contribution is 0.0969. The zero-order chi connectivity index (χ0) is 10.5. The Bertz CT molecular complexity index is 458.